The number of nitrogens with zero attached hydrogens (tertiary/aromatic N) is 1. The second-order valence-electron chi connectivity index (χ2n) is 4.59. The Morgan fingerprint density at radius 1 is 1.44 bits per heavy atom. The van der Waals surface area contributed by atoms with Gasteiger partial charge in [0.05, 0.1) is 5.56 Å². The minimum atomic E-state index is -0.477. The average Bonchev–Trinajstić information content (AvgIpc) is 2.37. The summed E-state index contributed by atoms with van der Waals surface area (Å²) in [6.07, 6.45) is 1.77. The van der Waals surface area contributed by atoms with Crippen LogP contribution in [0.4, 0.5) is 0 Å². The molecule has 0 atom stereocenters. The number of aromatic nitrogens is 1. The fourth-order valence-electron chi connectivity index (χ4n) is 2.21. The number of piperidine rings is 1. The summed E-state index contributed by atoms with van der Waals surface area (Å²) in [6, 6.07) is 2.48. The number of H-pyrrole nitrogens is 1. The number of likely N-dealkylation sites (tertiary alicyclic amines) is 1. The number of aromatic hydroxyl groups is 1. The summed E-state index contributed by atoms with van der Waals surface area (Å²) in [7, 11) is 0. The molecule has 2 rings (SSSR count). The lowest BCUT2D eigenvalue weighted by molar-refractivity contribution is 0.0692. The molecule has 1 aromatic rings. The minimum Gasteiger partial charge on any atom is -0.494 e. The lowest BCUT2D eigenvalue weighted by Gasteiger charge is -2.31. The molecule has 1 aromatic heterocycles. The van der Waals surface area contributed by atoms with Crippen molar-refractivity contribution in [2.24, 2.45) is 11.7 Å². The third-order valence-corrected chi connectivity index (χ3v) is 3.31. The van der Waals surface area contributed by atoms with Crippen LogP contribution in [0.5, 0.6) is 5.88 Å². The van der Waals surface area contributed by atoms with Crippen molar-refractivity contribution in [2.45, 2.75) is 12.8 Å². The molecule has 6 heteroatoms. The van der Waals surface area contributed by atoms with E-state index in [2.05, 4.69) is 4.98 Å². The highest BCUT2D eigenvalue weighted by molar-refractivity contribution is 5.94. The summed E-state index contributed by atoms with van der Waals surface area (Å²) in [4.78, 5) is 27.2. The highest BCUT2D eigenvalue weighted by atomic mass is 16.3. The first-order chi connectivity index (χ1) is 8.60. The number of carbonyl (C=O) groups excluding carboxylic acids is 1. The van der Waals surface area contributed by atoms with Crippen LogP contribution >= 0.6 is 0 Å². The van der Waals surface area contributed by atoms with Gasteiger partial charge in [-0.05, 0) is 25.3 Å². The van der Waals surface area contributed by atoms with Gasteiger partial charge < -0.3 is 15.7 Å². The summed E-state index contributed by atoms with van der Waals surface area (Å²) in [5.41, 5.74) is 5.34. The molecule has 1 aliphatic rings. The maximum atomic E-state index is 12.1. The largest absolute Gasteiger partial charge is 0.494 e. The lowest BCUT2D eigenvalue weighted by atomic mass is 9.97. The second kappa shape index (κ2) is 5.22. The Kier molecular flexibility index (Phi) is 3.66. The molecule has 1 fully saturated rings. The molecule has 2 heterocycles. The topological polar surface area (TPSA) is 99.4 Å². The quantitative estimate of drug-likeness (QED) is 0.683. The maximum Gasteiger partial charge on any atom is 0.254 e. The first kappa shape index (κ1) is 12.6. The molecule has 4 N–H and O–H groups in total. The van der Waals surface area contributed by atoms with Gasteiger partial charge in [-0.1, -0.05) is 0 Å². The number of pyridine rings is 1. The molecule has 0 aromatic carbocycles. The van der Waals surface area contributed by atoms with Gasteiger partial charge in [0, 0.05) is 25.2 Å². The van der Waals surface area contributed by atoms with E-state index in [0.717, 1.165) is 12.8 Å². The fraction of sp³-hybridized carbons (Fsp3) is 0.500. The molecule has 0 aliphatic carbocycles. The van der Waals surface area contributed by atoms with Crippen LogP contribution in [0.25, 0.3) is 0 Å². The van der Waals surface area contributed by atoms with E-state index in [0.29, 0.717) is 25.6 Å². The monoisotopic (exact) mass is 251 g/mol. The Hall–Kier alpha value is -1.82. The number of nitrogens with two attached hydrogens (primary N) is 1. The zero-order valence-electron chi connectivity index (χ0n) is 10.1. The van der Waals surface area contributed by atoms with E-state index in [4.69, 9.17) is 5.73 Å². The summed E-state index contributed by atoms with van der Waals surface area (Å²) in [6.45, 7) is 1.94. The number of carbonyl (C=O) groups is 1. The first-order valence-corrected chi connectivity index (χ1v) is 6.03. The minimum absolute atomic E-state index is 0.216. The molecular formula is C12H17N3O3. The summed E-state index contributed by atoms with van der Waals surface area (Å²) < 4.78 is 0. The van der Waals surface area contributed by atoms with Crippen molar-refractivity contribution in [2.75, 3.05) is 19.6 Å². The van der Waals surface area contributed by atoms with E-state index in [-0.39, 0.29) is 17.4 Å². The molecule has 98 valence electrons. The zero-order valence-corrected chi connectivity index (χ0v) is 10.1. The average molecular weight is 251 g/mol. The number of hydrogen-bond acceptors (Lipinski definition) is 4. The van der Waals surface area contributed by atoms with Crippen LogP contribution in [-0.2, 0) is 0 Å². The van der Waals surface area contributed by atoms with Crippen molar-refractivity contribution in [1.82, 2.24) is 9.88 Å². The molecular weight excluding hydrogens is 234 g/mol. The molecule has 1 amide bonds. The van der Waals surface area contributed by atoms with Gasteiger partial charge in [0.15, 0.2) is 5.88 Å². The maximum absolute atomic E-state index is 12.1. The van der Waals surface area contributed by atoms with Crippen LogP contribution in [0.2, 0.25) is 0 Å². The molecule has 1 aliphatic heterocycles. The van der Waals surface area contributed by atoms with Crippen molar-refractivity contribution >= 4 is 5.91 Å². The molecule has 0 bridgehead atoms. The Labute approximate surface area is 104 Å². The van der Waals surface area contributed by atoms with Crippen molar-refractivity contribution in [1.29, 1.82) is 0 Å². The number of nitrogens with one attached hydrogen (secondary N) is 1. The number of hydrogen-bond donors (Lipinski definition) is 3. The Morgan fingerprint density at radius 3 is 2.67 bits per heavy atom. The van der Waals surface area contributed by atoms with Crippen molar-refractivity contribution in [3.05, 3.63) is 28.0 Å². The Bertz CT molecular complexity index is 490. The second-order valence-corrected chi connectivity index (χ2v) is 4.59. The van der Waals surface area contributed by atoms with Crippen LogP contribution in [0.15, 0.2) is 16.9 Å². The molecule has 0 saturated carbocycles. The van der Waals surface area contributed by atoms with Gasteiger partial charge in [-0.15, -0.1) is 0 Å². The van der Waals surface area contributed by atoms with Gasteiger partial charge >= 0.3 is 0 Å². The molecule has 1 saturated heterocycles. The molecule has 6 nitrogen and oxygen atoms in total. The van der Waals surface area contributed by atoms with Gasteiger partial charge in [0.1, 0.15) is 0 Å². The van der Waals surface area contributed by atoms with Crippen LogP contribution in [0.1, 0.15) is 23.2 Å². The lowest BCUT2D eigenvalue weighted by Crippen LogP contribution is -2.40. The van der Waals surface area contributed by atoms with Crippen molar-refractivity contribution in [3.8, 4) is 5.88 Å². The van der Waals surface area contributed by atoms with E-state index in [1.54, 1.807) is 4.90 Å². The SMILES string of the molecule is NCC1CCN(C(=O)c2cc(O)[nH]c(=O)c2)CC1. The van der Waals surface area contributed by atoms with Crippen LogP contribution in [0, 0.1) is 5.92 Å². The molecule has 0 unspecified atom stereocenters. The van der Waals surface area contributed by atoms with Crippen LogP contribution in [-0.4, -0.2) is 40.5 Å². The highest BCUT2D eigenvalue weighted by Gasteiger charge is 2.23. The summed E-state index contributed by atoms with van der Waals surface area (Å²) in [5.74, 6) is -0.0313. The smallest absolute Gasteiger partial charge is 0.254 e. The van der Waals surface area contributed by atoms with Gasteiger partial charge in [-0.3, -0.25) is 14.6 Å². The van der Waals surface area contributed by atoms with Gasteiger partial charge in [0.25, 0.3) is 11.5 Å². The van der Waals surface area contributed by atoms with E-state index in [1.165, 1.54) is 12.1 Å². The summed E-state index contributed by atoms with van der Waals surface area (Å²) in [5, 5.41) is 9.28. The predicted octanol–water partition coefficient (Wildman–Crippen LogP) is -0.109. The van der Waals surface area contributed by atoms with Crippen molar-refractivity contribution < 1.29 is 9.90 Å². The Morgan fingerprint density at radius 2 is 2.11 bits per heavy atom. The standard InChI is InChI=1S/C12H17N3O3/c13-7-8-1-3-15(4-2-8)12(18)9-5-10(16)14-11(17)6-9/h5-6,8H,1-4,7,13H2,(H2,14,16,17). The third-order valence-electron chi connectivity index (χ3n) is 3.31. The zero-order chi connectivity index (χ0) is 13.1. The van der Waals surface area contributed by atoms with E-state index in [1.807, 2.05) is 0 Å². The fourth-order valence-corrected chi connectivity index (χ4v) is 2.21. The van der Waals surface area contributed by atoms with Gasteiger partial charge in [-0.25, -0.2) is 0 Å². The highest BCUT2D eigenvalue weighted by Crippen LogP contribution is 2.18. The van der Waals surface area contributed by atoms with E-state index in [9.17, 15) is 14.7 Å². The normalized spacial score (nSPS) is 16.8. The van der Waals surface area contributed by atoms with Gasteiger partial charge in [-0.2, -0.15) is 0 Å². The third kappa shape index (κ3) is 2.70. The molecule has 0 radical (unpaired) electrons. The molecule has 0 spiro atoms. The number of aromatic amines is 1. The number of rotatable bonds is 2. The predicted molar refractivity (Wildman–Crippen MR) is 66.4 cm³/mol. The van der Waals surface area contributed by atoms with Crippen LogP contribution < -0.4 is 11.3 Å². The van der Waals surface area contributed by atoms with Crippen LogP contribution in [0.3, 0.4) is 0 Å². The van der Waals surface area contributed by atoms with E-state index < -0.39 is 5.56 Å². The first-order valence-electron chi connectivity index (χ1n) is 6.03. The number of amides is 1. The van der Waals surface area contributed by atoms with Crippen molar-refractivity contribution in [3.63, 3.8) is 0 Å². The summed E-state index contributed by atoms with van der Waals surface area (Å²) >= 11 is 0. The Balaban J connectivity index is 2.10. The molecule has 18 heavy (non-hydrogen) atoms. The van der Waals surface area contributed by atoms with E-state index >= 15 is 0 Å². The van der Waals surface area contributed by atoms with Gasteiger partial charge in [0.2, 0.25) is 0 Å².